The molecule has 0 saturated carbocycles. The second-order valence-corrected chi connectivity index (χ2v) is 6.08. The van der Waals surface area contributed by atoms with Crippen LogP contribution in [0.25, 0.3) is 0 Å². The van der Waals surface area contributed by atoms with E-state index in [-0.39, 0.29) is 13.2 Å². The average molecular weight is 298 g/mol. The topological polar surface area (TPSA) is 53.4 Å². The largest absolute Gasteiger partial charge is 0.395 e. The van der Waals surface area contributed by atoms with Crippen LogP contribution in [0.3, 0.4) is 0 Å². The average Bonchev–Trinajstić information content (AvgIpc) is 2.82. The molecule has 5 heteroatoms. The van der Waals surface area contributed by atoms with Crippen molar-refractivity contribution in [2.45, 2.75) is 18.8 Å². The molecule has 0 amide bonds. The van der Waals surface area contributed by atoms with Gasteiger partial charge in [-0.05, 0) is 18.6 Å². The van der Waals surface area contributed by atoms with E-state index in [1.165, 1.54) is 0 Å². The van der Waals surface area contributed by atoms with E-state index < -0.39 is 5.41 Å². The van der Waals surface area contributed by atoms with Gasteiger partial charge in [0.25, 0.3) is 0 Å². The second-order valence-electron chi connectivity index (χ2n) is 4.61. The minimum Gasteiger partial charge on any atom is -0.395 e. The molecule has 2 rings (SSSR count). The van der Waals surface area contributed by atoms with Gasteiger partial charge in [-0.3, -0.25) is 0 Å². The summed E-state index contributed by atoms with van der Waals surface area (Å²) in [6, 6.07) is 7.29. The molecule has 102 valence electrons. The molecule has 0 saturated heterocycles. The van der Waals surface area contributed by atoms with E-state index in [0.717, 1.165) is 16.3 Å². The zero-order chi connectivity index (χ0) is 13.9. The quantitative estimate of drug-likeness (QED) is 0.892. The van der Waals surface area contributed by atoms with Crippen LogP contribution in [0.2, 0.25) is 5.02 Å². The van der Waals surface area contributed by atoms with Crippen LogP contribution in [0.15, 0.2) is 29.6 Å². The molecule has 0 aliphatic heterocycles. The fourth-order valence-corrected chi connectivity index (χ4v) is 3.10. The number of aliphatic hydroxyl groups excluding tert-OH is 2. The molecule has 0 fully saturated rings. The number of aryl methyl sites for hydroxylation is 1. The van der Waals surface area contributed by atoms with Crippen LogP contribution in [0.5, 0.6) is 0 Å². The monoisotopic (exact) mass is 297 g/mol. The zero-order valence-electron chi connectivity index (χ0n) is 10.6. The van der Waals surface area contributed by atoms with Crippen molar-refractivity contribution in [2.75, 3.05) is 13.2 Å². The van der Waals surface area contributed by atoms with Crippen LogP contribution in [0.1, 0.15) is 16.3 Å². The molecule has 19 heavy (non-hydrogen) atoms. The van der Waals surface area contributed by atoms with E-state index in [2.05, 4.69) is 4.98 Å². The van der Waals surface area contributed by atoms with Crippen LogP contribution in [0.4, 0.5) is 0 Å². The summed E-state index contributed by atoms with van der Waals surface area (Å²) in [5, 5.41) is 23.0. The second kappa shape index (κ2) is 6.01. The SMILES string of the molecule is Cc1nc(CC(CO)(CO)c2ccccc2Cl)cs1. The van der Waals surface area contributed by atoms with Gasteiger partial charge in [-0.25, -0.2) is 4.98 Å². The summed E-state index contributed by atoms with van der Waals surface area (Å²) in [7, 11) is 0. The number of aromatic nitrogens is 1. The van der Waals surface area contributed by atoms with Crippen LogP contribution in [-0.2, 0) is 11.8 Å². The van der Waals surface area contributed by atoms with Gasteiger partial charge < -0.3 is 10.2 Å². The van der Waals surface area contributed by atoms with E-state index in [4.69, 9.17) is 11.6 Å². The predicted octanol–water partition coefficient (Wildman–Crippen LogP) is 2.57. The molecule has 0 radical (unpaired) electrons. The molecule has 0 aliphatic rings. The first-order chi connectivity index (χ1) is 9.11. The Bertz CT molecular complexity index is 552. The van der Waals surface area contributed by atoms with E-state index >= 15 is 0 Å². The van der Waals surface area contributed by atoms with Crippen molar-refractivity contribution in [3.05, 3.63) is 50.9 Å². The minimum atomic E-state index is -0.793. The maximum atomic E-state index is 9.78. The van der Waals surface area contributed by atoms with Crippen LogP contribution in [0, 0.1) is 6.92 Å². The Labute approximate surface area is 121 Å². The Kier molecular flexibility index (Phi) is 4.58. The van der Waals surface area contributed by atoms with Gasteiger partial charge in [-0.1, -0.05) is 29.8 Å². The number of benzene rings is 1. The maximum absolute atomic E-state index is 9.78. The van der Waals surface area contributed by atoms with Crippen molar-refractivity contribution in [1.82, 2.24) is 4.98 Å². The first-order valence-electron chi connectivity index (χ1n) is 5.99. The van der Waals surface area contributed by atoms with Gasteiger partial charge in [0, 0.05) is 22.2 Å². The van der Waals surface area contributed by atoms with Crippen molar-refractivity contribution in [2.24, 2.45) is 0 Å². The summed E-state index contributed by atoms with van der Waals surface area (Å²) in [6.45, 7) is 1.58. The van der Waals surface area contributed by atoms with Crippen molar-refractivity contribution < 1.29 is 10.2 Å². The summed E-state index contributed by atoms with van der Waals surface area (Å²) in [6.07, 6.45) is 0.466. The zero-order valence-corrected chi connectivity index (χ0v) is 12.2. The first-order valence-corrected chi connectivity index (χ1v) is 7.25. The maximum Gasteiger partial charge on any atom is 0.0897 e. The molecule has 0 atom stereocenters. The van der Waals surface area contributed by atoms with Gasteiger partial charge in [0.2, 0.25) is 0 Å². The number of aliphatic hydroxyl groups is 2. The Morgan fingerprint density at radius 1 is 1.26 bits per heavy atom. The normalized spacial score (nSPS) is 11.8. The van der Waals surface area contributed by atoms with E-state index in [9.17, 15) is 10.2 Å². The third-order valence-electron chi connectivity index (χ3n) is 3.24. The minimum absolute atomic E-state index is 0.177. The van der Waals surface area contributed by atoms with E-state index in [1.54, 1.807) is 17.4 Å². The summed E-state index contributed by atoms with van der Waals surface area (Å²) < 4.78 is 0. The van der Waals surface area contributed by atoms with Crippen molar-refractivity contribution in [3.63, 3.8) is 0 Å². The number of hydrogen-bond acceptors (Lipinski definition) is 4. The highest BCUT2D eigenvalue weighted by Crippen LogP contribution is 2.33. The molecule has 1 heterocycles. The number of halogens is 1. The molecule has 0 spiro atoms. The summed E-state index contributed by atoms with van der Waals surface area (Å²) >= 11 is 7.76. The lowest BCUT2D eigenvalue weighted by Gasteiger charge is -2.30. The molecule has 0 unspecified atom stereocenters. The summed E-state index contributed by atoms with van der Waals surface area (Å²) in [4.78, 5) is 4.40. The fourth-order valence-electron chi connectivity index (χ4n) is 2.15. The Hall–Kier alpha value is -0.940. The van der Waals surface area contributed by atoms with E-state index in [0.29, 0.717) is 11.4 Å². The molecule has 2 aromatic rings. The van der Waals surface area contributed by atoms with Crippen molar-refractivity contribution in [1.29, 1.82) is 0 Å². The van der Waals surface area contributed by atoms with Gasteiger partial charge >= 0.3 is 0 Å². The first kappa shape index (κ1) is 14.5. The van der Waals surface area contributed by atoms with Gasteiger partial charge in [-0.2, -0.15) is 0 Å². The number of hydrogen-bond donors (Lipinski definition) is 2. The third kappa shape index (κ3) is 2.98. The standard InChI is InChI=1S/C14H16ClNO2S/c1-10-16-11(7-19-10)6-14(8-17,9-18)12-4-2-3-5-13(12)15/h2-5,7,17-18H,6,8-9H2,1H3. The van der Waals surface area contributed by atoms with Gasteiger partial charge in [-0.15, -0.1) is 11.3 Å². The number of nitrogens with zero attached hydrogens (tertiary/aromatic N) is 1. The van der Waals surface area contributed by atoms with E-state index in [1.807, 2.05) is 30.5 Å². The lowest BCUT2D eigenvalue weighted by molar-refractivity contribution is 0.115. The van der Waals surface area contributed by atoms with Gasteiger partial charge in [0.15, 0.2) is 0 Å². The highest BCUT2D eigenvalue weighted by molar-refractivity contribution is 7.09. The molecule has 0 bridgehead atoms. The lowest BCUT2D eigenvalue weighted by atomic mass is 9.78. The molecular weight excluding hydrogens is 282 g/mol. The van der Waals surface area contributed by atoms with Crippen molar-refractivity contribution in [3.8, 4) is 0 Å². The highest BCUT2D eigenvalue weighted by Gasteiger charge is 2.34. The Morgan fingerprint density at radius 3 is 2.47 bits per heavy atom. The molecule has 2 N–H and O–H groups in total. The van der Waals surface area contributed by atoms with Crippen LogP contribution < -0.4 is 0 Å². The number of rotatable bonds is 5. The predicted molar refractivity (Wildman–Crippen MR) is 77.9 cm³/mol. The third-order valence-corrected chi connectivity index (χ3v) is 4.39. The molecule has 0 aliphatic carbocycles. The lowest BCUT2D eigenvalue weighted by Crippen LogP contribution is -2.37. The molecule has 3 nitrogen and oxygen atoms in total. The van der Waals surface area contributed by atoms with Crippen molar-refractivity contribution >= 4 is 22.9 Å². The van der Waals surface area contributed by atoms with Gasteiger partial charge in [0.05, 0.1) is 23.9 Å². The molecule has 1 aromatic carbocycles. The van der Waals surface area contributed by atoms with Gasteiger partial charge in [0.1, 0.15) is 0 Å². The molecule has 1 aromatic heterocycles. The van der Waals surface area contributed by atoms with Crippen LogP contribution >= 0.6 is 22.9 Å². The van der Waals surface area contributed by atoms with Crippen LogP contribution in [-0.4, -0.2) is 28.4 Å². The number of thiazole rings is 1. The fraction of sp³-hybridized carbons (Fsp3) is 0.357. The summed E-state index contributed by atoms with van der Waals surface area (Å²) in [5.74, 6) is 0. The Morgan fingerprint density at radius 2 is 1.95 bits per heavy atom. The smallest absolute Gasteiger partial charge is 0.0897 e. The highest BCUT2D eigenvalue weighted by atomic mass is 35.5. The summed E-state index contributed by atoms with van der Waals surface area (Å²) in [5.41, 5.74) is 0.830. The molecular formula is C14H16ClNO2S. The Balaban J connectivity index is 2.40.